The minimum atomic E-state index is 0.337. The molecule has 6 heteroatoms. The van der Waals surface area contributed by atoms with E-state index in [4.69, 9.17) is 0 Å². The van der Waals surface area contributed by atoms with Gasteiger partial charge in [0.2, 0.25) is 0 Å². The molecular formula is C13H12N6. The van der Waals surface area contributed by atoms with E-state index < -0.39 is 0 Å². The first-order valence-corrected chi connectivity index (χ1v) is 6.22. The number of nitrogens with zero attached hydrogens (tertiary/aromatic N) is 6. The highest BCUT2D eigenvalue weighted by Gasteiger charge is 2.31. The normalized spacial score (nSPS) is 15.7. The van der Waals surface area contributed by atoms with Crippen LogP contribution in [0.5, 0.6) is 0 Å². The van der Waals surface area contributed by atoms with Gasteiger partial charge in [-0.05, 0) is 12.1 Å². The topological polar surface area (TPSA) is 59.7 Å². The molecule has 0 aliphatic carbocycles. The van der Waals surface area contributed by atoms with E-state index in [1.807, 2.05) is 18.2 Å². The van der Waals surface area contributed by atoms with E-state index >= 15 is 0 Å². The molecule has 1 aliphatic rings. The molecule has 0 saturated carbocycles. The summed E-state index contributed by atoms with van der Waals surface area (Å²) < 4.78 is 0. The maximum Gasteiger partial charge on any atom is 0.140 e. The van der Waals surface area contributed by atoms with Crippen LogP contribution in [0.4, 0.5) is 5.82 Å². The Labute approximate surface area is 109 Å². The van der Waals surface area contributed by atoms with E-state index in [0.717, 1.165) is 29.8 Å². The maximum absolute atomic E-state index is 4.41. The number of rotatable bonds is 2. The summed E-state index contributed by atoms with van der Waals surface area (Å²) in [5.41, 5.74) is 0.980. The van der Waals surface area contributed by atoms with Crippen molar-refractivity contribution in [2.45, 2.75) is 6.04 Å². The van der Waals surface area contributed by atoms with Crippen LogP contribution in [0.2, 0.25) is 0 Å². The first-order valence-electron chi connectivity index (χ1n) is 6.22. The molecule has 94 valence electrons. The van der Waals surface area contributed by atoms with E-state index in [1.165, 1.54) is 0 Å². The molecule has 0 atom stereocenters. The van der Waals surface area contributed by atoms with Gasteiger partial charge in [-0.15, -0.1) is 0 Å². The fourth-order valence-corrected chi connectivity index (χ4v) is 2.43. The molecule has 1 saturated heterocycles. The summed E-state index contributed by atoms with van der Waals surface area (Å²) in [7, 11) is 0. The summed E-state index contributed by atoms with van der Waals surface area (Å²) in [4.78, 5) is 12.7. The lowest BCUT2D eigenvalue weighted by Crippen LogP contribution is -2.49. The number of para-hydroxylation sites is 1. The monoisotopic (exact) mass is 252 g/mol. The van der Waals surface area contributed by atoms with Crippen LogP contribution in [-0.2, 0) is 0 Å². The average Bonchev–Trinajstić information content (AvgIpc) is 2.91. The van der Waals surface area contributed by atoms with Gasteiger partial charge < -0.3 is 4.90 Å². The largest absolute Gasteiger partial charge is 0.351 e. The molecule has 0 unspecified atom stereocenters. The van der Waals surface area contributed by atoms with Crippen LogP contribution in [0, 0.1) is 0 Å². The van der Waals surface area contributed by atoms with Crippen molar-refractivity contribution >= 4 is 16.7 Å². The Bertz CT molecular complexity index is 697. The van der Waals surface area contributed by atoms with Crippen molar-refractivity contribution in [3.05, 3.63) is 43.0 Å². The van der Waals surface area contributed by atoms with Crippen molar-refractivity contribution in [2.75, 3.05) is 18.0 Å². The highest BCUT2D eigenvalue weighted by Crippen LogP contribution is 2.29. The fourth-order valence-electron chi connectivity index (χ4n) is 2.43. The predicted octanol–water partition coefficient (Wildman–Crippen LogP) is 1.28. The molecular weight excluding hydrogens is 240 g/mol. The molecule has 3 heterocycles. The molecule has 3 aromatic rings. The molecule has 2 aromatic heterocycles. The molecule has 0 N–H and O–H groups in total. The zero-order valence-electron chi connectivity index (χ0n) is 10.2. The molecule has 19 heavy (non-hydrogen) atoms. The standard InChI is InChI=1S/C13H12N6/c1-2-4-12-11(3-1)13(15-9-14-12)18-7-10(8-18)19-16-5-6-17-19/h1-6,9-10H,7-8H2. The van der Waals surface area contributed by atoms with Gasteiger partial charge in [0.05, 0.1) is 17.9 Å². The van der Waals surface area contributed by atoms with Crippen molar-refractivity contribution in [3.63, 3.8) is 0 Å². The number of aromatic nitrogens is 5. The van der Waals surface area contributed by atoms with Crippen LogP contribution in [-0.4, -0.2) is 38.1 Å². The van der Waals surface area contributed by atoms with E-state index in [9.17, 15) is 0 Å². The molecule has 0 amide bonds. The first kappa shape index (κ1) is 10.4. The van der Waals surface area contributed by atoms with Gasteiger partial charge in [-0.2, -0.15) is 15.0 Å². The van der Waals surface area contributed by atoms with Gasteiger partial charge in [0.15, 0.2) is 0 Å². The zero-order valence-corrected chi connectivity index (χ0v) is 10.2. The number of fused-ring (bicyclic) bond motifs is 1. The van der Waals surface area contributed by atoms with Gasteiger partial charge in [-0.1, -0.05) is 12.1 Å². The Morgan fingerprint density at radius 2 is 1.79 bits per heavy atom. The van der Waals surface area contributed by atoms with Gasteiger partial charge in [0.25, 0.3) is 0 Å². The van der Waals surface area contributed by atoms with Crippen LogP contribution in [0.25, 0.3) is 10.9 Å². The van der Waals surface area contributed by atoms with Gasteiger partial charge >= 0.3 is 0 Å². The lowest BCUT2D eigenvalue weighted by Gasteiger charge is -2.39. The molecule has 0 bridgehead atoms. The van der Waals surface area contributed by atoms with E-state index in [2.05, 4.69) is 31.1 Å². The minimum Gasteiger partial charge on any atom is -0.351 e. The van der Waals surface area contributed by atoms with Crippen LogP contribution in [0.15, 0.2) is 43.0 Å². The van der Waals surface area contributed by atoms with Gasteiger partial charge in [0.1, 0.15) is 18.2 Å². The molecule has 4 rings (SSSR count). The summed E-state index contributed by atoms with van der Waals surface area (Å²) >= 11 is 0. The summed E-state index contributed by atoms with van der Waals surface area (Å²) in [6.07, 6.45) is 5.04. The summed E-state index contributed by atoms with van der Waals surface area (Å²) in [6, 6.07) is 8.41. The third kappa shape index (κ3) is 1.64. The lowest BCUT2D eigenvalue weighted by molar-refractivity contribution is 0.331. The SMILES string of the molecule is c1ccc2c(N3CC(n4nccn4)C3)ncnc2c1. The third-order valence-electron chi connectivity index (χ3n) is 3.45. The van der Waals surface area contributed by atoms with Gasteiger partial charge in [-0.25, -0.2) is 9.97 Å². The smallest absolute Gasteiger partial charge is 0.140 e. The second kappa shape index (κ2) is 4.01. The van der Waals surface area contributed by atoms with Crippen molar-refractivity contribution in [3.8, 4) is 0 Å². The highest BCUT2D eigenvalue weighted by atomic mass is 15.5. The Morgan fingerprint density at radius 3 is 2.63 bits per heavy atom. The number of anilines is 1. The Balaban J connectivity index is 1.63. The number of benzene rings is 1. The molecule has 6 nitrogen and oxygen atoms in total. The molecule has 0 spiro atoms. The predicted molar refractivity (Wildman–Crippen MR) is 70.8 cm³/mol. The zero-order chi connectivity index (χ0) is 12.7. The van der Waals surface area contributed by atoms with Gasteiger partial charge in [-0.3, -0.25) is 0 Å². The minimum absolute atomic E-state index is 0.337. The number of hydrogen-bond donors (Lipinski definition) is 0. The fraction of sp³-hybridized carbons (Fsp3) is 0.231. The summed E-state index contributed by atoms with van der Waals surface area (Å²) in [5, 5.41) is 9.44. The van der Waals surface area contributed by atoms with Crippen LogP contribution in [0.1, 0.15) is 6.04 Å². The summed E-state index contributed by atoms with van der Waals surface area (Å²) in [5.74, 6) is 0.994. The quantitative estimate of drug-likeness (QED) is 0.687. The Hall–Kier alpha value is -2.50. The van der Waals surface area contributed by atoms with Crippen LogP contribution in [0.3, 0.4) is 0 Å². The van der Waals surface area contributed by atoms with Crippen molar-refractivity contribution in [2.24, 2.45) is 0 Å². The molecule has 1 aliphatic heterocycles. The van der Waals surface area contributed by atoms with Gasteiger partial charge in [0, 0.05) is 18.5 Å². The molecule has 1 aromatic carbocycles. The Morgan fingerprint density at radius 1 is 1.00 bits per heavy atom. The average molecular weight is 252 g/mol. The lowest BCUT2D eigenvalue weighted by atomic mass is 10.1. The Kier molecular flexibility index (Phi) is 2.20. The maximum atomic E-state index is 4.41. The molecule has 1 fully saturated rings. The second-order valence-electron chi connectivity index (χ2n) is 4.62. The third-order valence-corrected chi connectivity index (χ3v) is 3.45. The second-order valence-corrected chi connectivity index (χ2v) is 4.62. The summed E-state index contributed by atoms with van der Waals surface area (Å²) in [6.45, 7) is 1.77. The number of hydrogen-bond acceptors (Lipinski definition) is 5. The first-order chi connectivity index (χ1) is 9.42. The van der Waals surface area contributed by atoms with Crippen molar-refractivity contribution < 1.29 is 0 Å². The van der Waals surface area contributed by atoms with Crippen LogP contribution < -0.4 is 4.90 Å². The van der Waals surface area contributed by atoms with E-state index in [-0.39, 0.29) is 0 Å². The van der Waals surface area contributed by atoms with Crippen LogP contribution >= 0.6 is 0 Å². The van der Waals surface area contributed by atoms with E-state index in [0.29, 0.717) is 6.04 Å². The van der Waals surface area contributed by atoms with E-state index in [1.54, 1.807) is 23.5 Å². The van der Waals surface area contributed by atoms with Crippen molar-refractivity contribution in [1.82, 2.24) is 25.0 Å². The molecule has 0 radical (unpaired) electrons. The highest BCUT2D eigenvalue weighted by molar-refractivity contribution is 5.89. The van der Waals surface area contributed by atoms with Crippen molar-refractivity contribution in [1.29, 1.82) is 0 Å².